The average molecular weight is 237 g/mol. The highest BCUT2D eigenvalue weighted by Gasteiger charge is 2.32. The Morgan fingerprint density at radius 2 is 2.00 bits per heavy atom. The first kappa shape index (κ1) is 13.6. The van der Waals surface area contributed by atoms with E-state index in [1.807, 2.05) is 20.8 Å². The molecule has 4 nitrogen and oxygen atoms in total. The maximum atomic E-state index is 11.7. The summed E-state index contributed by atoms with van der Waals surface area (Å²) in [4.78, 5) is 24.9. The topological polar surface area (TPSA) is 46.6 Å². The van der Waals surface area contributed by atoms with Gasteiger partial charge in [0.1, 0.15) is 5.60 Å². The summed E-state index contributed by atoms with van der Waals surface area (Å²) in [5.74, 6) is 4.88. The van der Waals surface area contributed by atoms with Crippen molar-refractivity contribution in [3.05, 3.63) is 0 Å². The summed E-state index contributed by atoms with van der Waals surface area (Å²) < 4.78 is 5.25. The Balaban J connectivity index is 2.52. The predicted molar refractivity (Wildman–Crippen MR) is 64.4 cm³/mol. The Morgan fingerprint density at radius 3 is 2.53 bits per heavy atom. The molecule has 94 valence electrons. The van der Waals surface area contributed by atoms with Crippen LogP contribution in [0.1, 0.15) is 34.1 Å². The van der Waals surface area contributed by atoms with Gasteiger partial charge < -0.3 is 9.64 Å². The van der Waals surface area contributed by atoms with Crippen molar-refractivity contribution in [3.63, 3.8) is 0 Å². The quantitative estimate of drug-likeness (QED) is 0.516. The van der Waals surface area contributed by atoms with E-state index in [0.29, 0.717) is 19.5 Å². The predicted octanol–water partition coefficient (Wildman–Crippen LogP) is 1.84. The first-order valence-electron chi connectivity index (χ1n) is 5.78. The van der Waals surface area contributed by atoms with E-state index in [2.05, 4.69) is 11.8 Å². The molecule has 1 heterocycles. The third kappa shape index (κ3) is 4.10. The highest BCUT2D eigenvalue weighted by molar-refractivity contribution is 5.97. The standard InChI is InChI=1S/C13H19NO3/c1-5-6-11(15)10-7-8-14(9-10)12(16)17-13(2,3)4/h10H,7-9H2,1-4H3. The minimum Gasteiger partial charge on any atom is -0.444 e. The van der Waals surface area contributed by atoms with Crippen molar-refractivity contribution in [2.24, 2.45) is 5.92 Å². The lowest BCUT2D eigenvalue weighted by molar-refractivity contribution is -0.116. The van der Waals surface area contributed by atoms with Crippen molar-refractivity contribution >= 4 is 11.9 Å². The van der Waals surface area contributed by atoms with Crippen LogP contribution in [0.15, 0.2) is 0 Å². The van der Waals surface area contributed by atoms with Gasteiger partial charge in [0.15, 0.2) is 0 Å². The number of carbonyl (C=O) groups excluding carboxylic acids is 2. The Morgan fingerprint density at radius 1 is 1.35 bits per heavy atom. The summed E-state index contributed by atoms with van der Waals surface area (Å²) >= 11 is 0. The van der Waals surface area contributed by atoms with Gasteiger partial charge in [0, 0.05) is 19.0 Å². The van der Waals surface area contributed by atoms with Gasteiger partial charge in [-0.1, -0.05) is 5.92 Å². The Labute approximate surface area is 102 Å². The summed E-state index contributed by atoms with van der Waals surface area (Å²) in [6.07, 6.45) is 0.324. The van der Waals surface area contributed by atoms with Gasteiger partial charge in [-0.2, -0.15) is 0 Å². The molecule has 1 atom stereocenters. The molecule has 1 rings (SSSR count). The summed E-state index contributed by atoms with van der Waals surface area (Å²) in [5, 5.41) is 0. The van der Waals surface area contributed by atoms with Crippen molar-refractivity contribution in [2.45, 2.75) is 39.7 Å². The molecule has 1 saturated heterocycles. The number of carbonyl (C=O) groups is 2. The van der Waals surface area contributed by atoms with Gasteiger partial charge in [0.2, 0.25) is 5.78 Å². The van der Waals surface area contributed by atoms with Crippen LogP contribution in [0, 0.1) is 17.8 Å². The molecule has 1 fully saturated rings. The monoisotopic (exact) mass is 237 g/mol. The largest absolute Gasteiger partial charge is 0.444 e. The van der Waals surface area contributed by atoms with Crippen LogP contribution in [0.5, 0.6) is 0 Å². The van der Waals surface area contributed by atoms with Crippen LogP contribution in [-0.2, 0) is 9.53 Å². The van der Waals surface area contributed by atoms with E-state index in [0.717, 1.165) is 0 Å². The van der Waals surface area contributed by atoms with Crippen LogP contribution < -0.4 is 0 Å². The van der Waals surface area contributed by atoms with E-state index in [9.17, 15) is 9.59 Å². The molecular weight excluding hydrogens is 218 g/mol. The number of ether oxygens (including phenoxy) is 1. The zero-order valence-corrected chi connectivity index (χ0v) is 10.9. The van der Waals surface area contributed by atoms with Crippen LogP contribution in [0.4, 0.5) is 4.79 Å². The zero-order chi connectivity index (χ0) is 13.1. The highest BCUT2D eigenvalue weighted by Crippen LogP contribution is 2.19. The minimum absolute atomic E-state index is 0.0847. The molecule has 0 aromatic rings. The van der Waals surface area contributed by atoms with E-state index in [1.54, 1.807) is 11.8 Å². The van der Waals surface area contributed by atoms with E-state index in [4.69, 9.17) is 4.74 Å². The summed E-state index contributed by atoms with van der Waals surface area (Å²) in [5.41, 5.74) is -0.498. The molecule has 0 aromatic carbocycles. The van der Waals surface area contributed by atoms with E-state index in [-0.39, 0.29) is 17.8 Å². The lowest BCUT2D eigenvalue weighted by Crippen LogP contribution is -2.35. The van der Waals surface area contributed by atoms with Crippen LogP contribution in [0.2, 0.25) is 0 Å². The van der Waals surface area contributed by atoms with Crippen LogP contribution >= 0.6 is 0 Å². The molecule has 0 radical (unpaired) electrons. The number of nitrogens with zero attached hydrogens (tertiary/aromatic N) is 1. The van der Waals surface area contributed by atoms with E-state index >= 15 is 0 Å². The molecule has 1 aliphatic rings. The van der Waals surface area contributed by atoms with Crippen LogP contribution in [0.25, 0.3) is 0 Å². The molecule has 1 amide bonds. The maximum absolute atomic E-state index is 11.7. The second-order valence-electron chi connectivity index (χ2n) is 5.15. The summed E-state index contributed by atoms with van der Waals surface area (Å²) in [6, 6.07) is 0. The van der Waals surface area contributed by atoms with Gasteiger partial charge in [-0.3, -0.25) is 4.79 Å². The number of amides is 1. The molecule has 0 N–H and O–H groups in total. The summed E-state index contributed by atoms with van der Waals surface area (Å²) in [7, 11) is 0. The normalized spacial score (nSPS) is 19.5. The molecular formula is C13H19NO3. The van der Waals surface area contributed by atoms with Crippen LogP contribution in [-0.4, -0.2) is 35.5 Å². The fourth-order valence-electron chi connectivity index (χ4n) is 1.69. The molecule has 17 heavy (non-hydrogen) atoms. The van der Waals surface area contributed by atoms with Gasteiger partial charge in [-0.05, 0) is 40.0 Å². The van der Waals surface area contributed by atoms with Gasteiger partial charge in [0.05, 0.1) is 0 Å². The summed E-state index contributed by atoms with van der Waals surface area (Å²) in [6.45, 7) is 8.10. The van der Waals surface area contributed by atoms with Gasteiger partial charge in [-0.25, -0.2) is 4.79 Å². The number of hydrogen-bond acceptors (Lipinski definition) is 3. The number of rotatable bonds is 1. The number of likely N-dealkylation sites (tertiary alicyclic amines) is 1. The number of Topliss-reactive ketones (excluding diaryl/α,β-unsaturated/α-hetero) is 1. The fourth-order valence-corrected chi connectivity index (χ4v) is 1.69. The van der Waals surface area contributed by atoms with Crippen molar-refractivity contribution in [1.29, 1.82) is 0 Å². The van der Waals surface area contributed by atoms with Gasteiger partial charge >= 0.3 is 6.09 Å². The third-order valence-corrected chi connectivity index (χ3v) is 2.46. The molecule has 4 heteroatoms. The van der Waals surface area contributed by atoms with Crippen molar-refractivity contribution < 1.29 is 14.3 Å². The Kier molecular flexibility index (Phi) is 4.17. The first-order valence-corrected chi connectivity index (χ1v) is 5.78. The second-order valence-corrected chi connectivity index (χ2v) is 5.15. The zero-order valence-electron chi connectivity index (χ0n) is 10.9. The molecule has 0 bridgehead atoms. The lowest BCUT2D eigenvalue weighted by atomic mass is 10.0. The minimum atomic E-state index is -0.498. The van der Waals surface area contributed by atoms with Crippen molar-refractivity contribution in [1.82, 2.24) is 4.90 Å². The highest BCUT2D eigenvalue weighted by atomic mass is 16.6. The molecule has 0 aromatic heterocycles. The molecule has 0 spiro atoms. The fraction of sp³-hybridized carbons (Fsp3) is 0.692. The second kappa shape index (κ2) is 5.22. The van der Waals surface area contributed by atoms with Crippen LogP contribution in [0.3, 0.4) is 0 Å². The maximum Gasteiger partial charge on any atom is 0.410 e. The molecule has 1 unspecified atom stereocenters. The molecule has 0 saturated carbocycles. The number of hydrogen-bond donors (Lipinski definition) is 0. The van der Waals surface area contributed by atoms with E-state index < -0.39 is 5.60 Å². The van der Waals surface area contributed by atoms with Crippen molar-refractivity contribution in [2.75, 3.05) is 13.1 Å². The van der Waals surface area contributed by atoms with Gasteiger partial charge in [-0.15, -0.1) is 0 Å². The lowest BCUT2D eigenvalue weighted by Gasteiger charge is -2.24. The first-order chi connectivity index (χ1) is 7.83. The SMILES string of the molecule is CC#CC(=O)C1CCN(C(=O)OC(C)(C)C)C1. The van der Waals surface area contributed by atoms with Crippen molar-refractivity contribution in [3.8, 4) is 11.8 Å². The third-order valence-electron chi connectivity index (χ3n) is 2.46. The van der Waals surface area contributed by atoms with E-state index in [1.165, 1.54) is 0 Å². The Bertz CT molecular complexity index is 370. The molecule has 1 aliphatic heterocycles. The average Bonchev–Trinajstić information content (AvgIpc) is 2.63. The molecule has 0 aliphatic carbocycles. The number of ketones is 1. The Hall–Kier alpha value is -1.50. The van der Waals surface area contributed by atoms with Gasteiger partial charge in [0.25, 0.3) is 0 Å². The smallest absolute Gasteiger partial charge is 0.410 e.